The summed E-state index contributed by atoms with van der Waals surface area (Å²) in [6, 6.07) is 2.22. The zero-order valence-electron chi connectivity index (χ0n) is 13.2. The lowest BCUT2D eigenvalue weighted by Gasteiger charge is -2.59. The molecule has 4 heteroatoms. The van der Waals surface area contributed by atoms with Gasteiger partial charge in [-0.05, 0) is 36.8 Å². The van der Waals surface area contributed by atoms with Crippen molar-refractivity contribution in [2.75, 3.05) is 13.2 Å². The first-order valence-corrected chi connectivity index (χ1v) is 8.49. The van der Waals surface area contributed by atoms with Gasteiger partial charge in [0.2, 0.25) is 0 Å². The van der Waals surface area contributed by atoms with Gasteiger partial charge < -0.3 is 15.8 Å². The Morgan fingerprint density at radius 3 is 2.80 bits per heavy atom. The molecule has 1 aromatic rings. The van der Waals surface area contributed by atoms with Crippen LogP contribution in [0.1, 0.15) is 44.6 Å². The average Bonchev–Trinajstić information content (AvgIpc) is 2.86. The summed E-state index contributed by atoms with van der Waals surface area (Å²) in [4.78, 5) is 1.44. The monoisotopic (exact) mass is 296 g/mol. The maximum absolute atomic E-state index is 6.57. The van der Waals surface area contributed by atoms with Crippen molar-refractivity contribution >= 4 is 11.3 Å². The lowest BCUT2D eigenvalue weighted by molar-refractivity contribution is -0.148. The van der Waals surface area contributed by atoms with Crippen molar-refractivity contribution in [2.24, 2.45) is 11.1 Å². The Balaban J connectivity index is 1.85. The van der Waals surface area contributed by atoms with Gasteiger partial charge in [0.25, 0.3) is 0 Å². The van der Waals surface area contributed by atoms with Gasteiger partial charge in [-0.3, -0.25) is 0 Å². The minimum absolute atomic E-state index is 0.0407. The highest BCUT2D eigenvalue weighted by Gasteiger charge is 2.58. The molecule has 1 saturated carbocycles. The number of thiophene rings is 1. The van der Waals surface area contributed by atoms with Crippen LogP contribution in [0.3, 0.4) is 0 Å². The van der Waals surface area contributed by atoms with Crippen LogP contribution in [-0.4, -0.2) is 24.8 Å². The molecule has 20 heavy (non-hydrogen) atoms. The zero-order chi connectivity index (χ0) is 14.8. The highest BCUT2D eigenvalue weighted by atomic mass is 32.1. The second-order valence-electron chi connectivity index (χ2n) is 6.35. The lowest BCUT2D eigenvalue weighted by atomic mass is 9.54. The van der Waals surface area contributed by atoms with Gasteiger partial charge in [-0.25, -0.2) is 0 Å². The number of ether oxygens (including phenoxy) is 1. The van der Waals surface area contributed by atoms with Crippen LogP contribution in [0, 0.1) is 5.41 Å². The first kappa shape index (κ1) is 16.0. The van der Waals surface area contributed by atoms with Crippen molar-refractivity contribution in [3.8, 4) is 0 Å². The van der Waals surface area contributed by atoms with Gasteiger partial charge in [0.15, 0.2) is 0 Å². The third-order valence-electron chi connectivity index (χ3n) is 4.95. The summed E-state index contributed by atoms with van der Waals surface area (Å²) in [6.45, 7) is 11.3. The van der Waals surface area contributed by atoms with Gasteiger partial charge >= 0.3 is 0 Å². The summed E-state index contributed by atoms with van der Waals surface area (Å²) >= 11 is 1.83. The largest absolute Gasteiger partial charge is 0.378 e. The second kappa shape index (κ2) is 6.14. The van der Waals surface area contributed by atoms with Crippen LogP contribution in [0.15, 0.2) is 11.4 Å². The van der Waals surface area contributed by atoms with Gasteiger partial charge in [0.1, 0.15) is 0 Å². The van der Waals surface area contributed by atoms with E-state index in [-0.39, 0.29) is 11.0 Å². The third kappa shape index (κ3) is 2.80. The Labute approximate surface area is 126 Å². The smallest absolute Gasteiger partial charge is 0.0662 e. The Morgan fingerprint density at radius 2 is 2.20 bits per heavy atom. The summed E-state index contributed by atoms with van der Waals surface area (Å²) in [5.41, 5.74) is 7.91. The molecule has 0 bridgehead atoms. The van der Waals surface area contributed by atoms with E-state index in [1.54, 1.807) is 0 Å². The van der Waals surface area contributed by atoms with Gasteiger partial charge in [0.05, 0.1) is 6.10 Å². The van der Waals surface area contributed by atoms with Crippen molar-refractivity contribution in [1.82, 2.24) is 5.32 Å². The molecule has 2 atom stereocenters. The number of aryl methyl sites for hydroxylation is 1. The van der Waals surface area contributed by atoms with E-state index in [9.17, 15) is 0 Å². The Hall–Kier alpha value is -0.420. The van der Waals surface area contributed by atoms with E-state index < -0.39 is 0 Å². The zero-order valence-corrected chi connectivity index (χ0v) is 14.0. The van der Waals surface area contributed by atoms with Gasteiger partial charge in [-0.1, -0.05) is 20.8 Å². The summed E-state index contributed by atoms with van der Waals surface area (Å²) in [6.07, 6.45) is 2.35. The minimum atomic E-state index is -0.156. The standard InChI is InChI=1S/C16H28N2OS/c1-5-12-7-8-20-13(12)10-18-11-16(17)9-14(19-6-2)15(16,3)4/h7-8,14,18H,5-6,9-11,17H2,1-4H3. The number of nitrogens with two attached hydrogens (primary N) is 1. The highest BCUT2D eigenvalue weighted by molar-refractivity contribution is 7.10. The summed E-state index contributed by atoms with van der Waals surface area (Å²) in [7, 11) is 0. The Bertz CT molecular complexity index is 443. The lowest BCUT2D eigenvalue weighted by Crippen LogP contribution is -2.73. The van der Waals surface area contributed by atoms with Gasteiger partial charge in [0, 0.05) is 35.5 Å². The van der Waals surface area contributed by atoms with E-state index in [0.29, 0.717) is 6.10 Å². The molecule has 1 aliphatic rings. The van der Waals surface area contributed by atoms with Crippen LogP contribution < -0.4 is 11.1 Å². The molecule has 2 rings (SSSR count). The van der Waals surface area contributed by atoms with Crippen molar-refractivity contribution in [2.45, 2.75) is 58.7 Å². The fraction of sp³-hybridized carbons (Fsp3) is 0.750. The normalized spacial score (nSPS) is 28.4. The third-order valence-corrected chi connectivity index (χ3v) is 5.91. The number of hydrogen-bond donors (Lipinski definition) is 2. The average molecular weight is 296 g/mol. The SMILES string of the molecule is CCOC1CC(N)(CNCc2sccc2CC)C1(C)C. The summed E-state index contributed by atoms with van der Waals surface area (Å²) in [5.74, 6) is 0. The van der Waals surface area contributed by atoms with Crippen LogP contribution in [-0.2, 0) is 17.7 Å². The van der Waals surface area contributed by atoms with E-state index in [2.05, 4.69) is 37.5 Å². The molecule has 3 nitrogen and oxygen atoms in total. The highest BCUT2D eigenvalue weighted by Crippen LogP contribution is 2.49. The van der Waals surface area contributed by atoms with Gasteiger partial charge in [-0.2, -0.15) is 0 Å². The molecule has 0 saturated heterocycles. The predicted molar refractivity (Wildman–Crippen MR) is 86.1 cm³/mol. The van der Waals surface area contributed by atoms with E-state index in [1.165, 1.54) is 10.4 Å². The Kier molecular flexibility index (Phi) is 4.90. The molecule has 1 aromatic heterocycles. The van der Waals surface area contributed by atoms with Crippen LogP contribution in [0.5, 0.6) is 0 Å². The van der Waals surface area contributed by atoms with Crippen LogP contribution >= 0.6 is 11.3 Å². The topological polar surface area (TPSA) is 47.3 Å². The minimum Gasteiger partial charge on any atom is -0.378 e. The molecule has 3 N–H and O–H groups in total. The van der Waals surface area contributed by atoms with Crippen LogP contribution in [0.25, 0.3) is 0 Å². The molecule has 1 heterocycles. The Morgan fingerprint density at radius 1 is 1.45 bits per heavy atom. The summed E-state index contributed by atoms with van der Waals surface area (Å²) in [5, 5.41) is 5.73. The molecule has 114 valence electrons. The van der Waals surface area contributed by atoms with Gasteiger partial charge in [-0.15, -0.1) is 11.3 Å². The van der Waals surface area contributed by atoms with Crippen LogP contribution in [0.2, 0.25) is 0 Å². The summed E-state index contributed by atoms with van der Waals surface area (Å²) < 4.78 is 5.77. The van der Waals surface area contributed by atoms with Crippen LogP contribution in [0.4, 0.5) is 0 Å². The second-order valence-corrected chi connectivity index (χ2v) is 7.35. The number of nitrogens with one attached hydrogen (secondary N) is 1. The first-order valence-electron chi connectivity index (χ1n) is 7.61. The van der Waals surface area contributed by atoms with E-state index in [4.69, 9.17) is 10.5 Å². The van der Waals surface area contributed by atoms with Crippen molar-refractivity contribution in [3.63, 3.8) is 0 Å². The van der Waals surface area contributed by atoms with Crippen molar-refractivity contribution < 1.29 is 4.74 Å². The molecule has 0 amide bonds. The molecule has 0 spiro atoms. The van der Waals surface area contributed by atoms with E-state index in [0.717, 1.165) is 32.5 Å². The van der Waals surface area contributed by atoms with E-state index >= 15 is 0 Å². The van der Waals surface area contributed by atoms with Crippen molar-refractivity contribution in [3.05, 3.63) is 21.9 Å². The van der Waals surface area contributed by atoms with E-state index in [1.807, 2.05) is 18.3 Å². The molecular weight excluding hydrogens is 268 g/mol. The maximum atomic E-state index is 6.57. The molecular formula is C16H28N2OS. The fourth-order valence-electron chi connectivity index (χ4n) is 3.04. The van der Waals surface area contributed by atoms with Crippen molar-refractivity contribution in [1.29, 1.82) is 0 Å². The molecule has 2 unspecified atom stereocenters. The number of hydrogen-bond acceptors (Lipinski definition) is 4. The quantitative estimate of drug-likeness (QED) is 0.813. The molecule has 0 radical (unpaired) electrons. The molecule has 1 aliphatic carbocycles. The molecule has 0 aliphatic heterocycles. The maximum Gasteiger partial charge on any atom is 0.0662 e. The molecule has 1 fully saturated rings. The first-order chi connectivity index (χ1) is 9.44. The predicted octanol–water partition coefficient (Wildman–Crippen LogP) is 2.93. The number of rotatable bonds is 7. The molecule has 0 aromatic carbocycles. The fourth-order valence-corrected chi connectivity index (χ4v) is 3.99.